The first kappa shape index (κ1) is 16.0. The van der Waals surface area contributed by atoms with Crippen molar-refractivity contribution in [1.82, 2.24) is 0 Å². The molecule has 1 rings (SSSR count). The van der Waals surface area contributed by atoms with Crippen molar-refractivity contribution in [2.45, 2.75) is 39.4 Å². The van der Waals surface area contributed by atoms with E-state index in [1.54, 1.807) is 26.0 Å². The number of thioether (sulfide) groups is 1. The molecule has 2 unspecified atom stereocenters. The summed E-state index contributed by atoms with van der Waals surface area (Å²) in [6.07, 6.45) is -1.59. The number of hydrogen-bond acceptors (Lipinski definition) is 5. The Morgan fingerprint density at radius 1 is 1.26 bits per heavy atom. The van der Waals surface area contributed by atoms with Gasteiger partial charge in [0, 0.05) is 12.7 Å². The lowest BCUT2D eigenvalue weighted by atomic mass is 9.93. The summed E-state index contributed by atoms with van der Waals surface area (Å²) in [7, 11) is 0. The van der Waals surface area contributed by atoms with E-state index in [2.05, 4.69) is 0 Å². The Balaban J connectivity index is 2.76. The molecule has 0 spiro atoms. The molecule has 3 N–H and O–H groups in total. The summed E-state index contributed by atoms with van der Waals surface area (Å²) in [4.78, 5) is 10.8. The Morgan fingerprint density at radius 3 is 2.26 bits per heavy atom. The van der Waals surface area contributed by atoms with Crippen molar-refractivity contribution >= 4 is 16.9 Å². The van der Waals surface area contributed by atoms with Gasteiger partial charge in [0.25, 0.3) is 0 Å². The molecule has 1 aromatic rings. The lowest BCUT2D eigenvalue weighted by molar-refractivity contribution is -0.109. The molecule has 0 amide bonds. The van der Waals surface area contributed by atoms with Gasteiger partial charge in [-0.05, 0) is 49.1 Å². The number of rotatable bonds is 5. The van der Waals surface area contributed by atoms with Gasteiger partial charge in [-0.3, -0.25) is 4.79 Å². The van der Waals surface area contributed by atoms with E-state index in [9.17, 15) is 20.1 Å². The largest absolute Gasteiger partial charge is 0.508 e. The molecule has 2 atom stereocenters. The van der Waals surface area contributed by atoms with Crippen LogP contribution in [0.5, 0.6) is 5.75 Å². The van der Waals surface area contributed by atoms with Gasteiger partial charge in [-0.15, -0.1) is 0 Å². The van der Waals surface area contributed by atoms with Gasteiger partial charge in [0.15, 0.2) is 5.12 Å². The summed E-state index contributed by atoms with van der Waals surface area (Å²) >= 11 is 1.13. The fourth-order valence-corrected chi connectivity index (χ4v) is 2.74. The zero-order chi connectivity index (χ0) is 14.6. The molecule has 1 aromatic carbocycles. The molecule has 0 heterocycles. The molecule has 0 bridgehead atoms. The third kappa shape index (κ3) is 4.53. The zero-order valence-electron chi connectivity index (χ0n) is 11.4. The summed E-state index contributed by atoms with van der Waals surface area (Å²) in [6, 6.07) is 3.12. The lowest BCUT2D eigenvalue weighted by Gasteiger charge is -2.21. The Labute approximate surface area is 117 Å². The predicted octanol–water partition coefficient (Wildman–Crippen LogP) is 2.07. The van der Waals surface area contributed by atoms with E-state index >= 15 is 0 Å². The van der Waals surface area contributed by atoms with Crippen molar-refractivity contribution in [2.75, 3.05) is 5.75 Å². The van der Waals surface area contributed by atoms with Gasteiger partial charge in [-0.25, -0.2) is 0 Å². The maximum atomic E-state index is 10.8. The summed E-state index contributed by atoms with van der Waals surface area (Å²) in [6.45, 7) is 5.03. The third-order valence-electron chi connectivity index (χ3n) is 2.96. The van der Waals surface area contributed by atoms with E-state index in [1.165, 1.54) is 6.92 Å². The fraction of sp³-hybridized carbons (Fsp3) is 0.500. The van der Waals surface area contributed by atoms with E-state index in [1.807, 2.05) is 0 Å². The van der Waals surface area contributed by atoms with Crippen molar-refractivity contribution in [3.8, 4) is 5.75 Å². The first-order valence-corrected chi connectivity index (χ1v) is 7.11. The van der Waals surface area contributed by atoms with Crippen molar-refractivity contribution in [1.29, 1.82) is 0 Å². The Hall–Kier alpha value is -1.04. The Kier molecular flexibility index (Phi) is 5.85. The number of aromatic hydroxyl groups is 1. The zero-order valence-corrected chi connectivity index (χ0v) is 12.2. The molecular weight excluding hydrogens is 264 g/mol. The fourth-order valence-electron chi connectivity index (χ4n) is 2.09. The van der Waals surface area contributed by atoms with E-state index < -0.39 is 12.2 Å². The maximum Gasteiger partial charge on any atom is 0.185 e. The highest BCUT2D eigenvalue weighted by Crippen LogP contribution is 2.29. The van der Waals surface area contributed by atoms with E-state index in [-0.39, 0.29) is 10.9 Å². The van der Waals surface area contributed by atoms with Crippen LogP contribution in [-0.4, -0.2) is 32.3 Å². The predicted molar refractivity (Wildman–Crippen MR) is 76.3 cm³/mol. The molecule has 0 aliphatic heterocycles. The van der Waals surface area contributed by atoms with Crippen LogP contribution in [0.1, 0.15) is 36.1 Å². The average Bonchev–Trinajstić information content (AvgIpc) is 2.26. The lowest BCUT2D eigenvalue weighted by Crippen LogP contribution is -2.21. The average molecular weight is 284 g/mol. The van der Waals surface area contributed by atoms with Gasteiger partial charge in [0.1, 0.15) is 11.9 Å². The Bertz CT molecular complexity index is 436. The normalized spacial score (nSPS) is 14.2. The first-order valence-electron chi connectivity index (χ1n) is 6.12. The molecule has 0 saturated heterocycles. The topological polar surface area (TPSA) is 77.8 Å². The third-order valence-corrected chi connectivity index (χ3v) is 3.80. The van der Waals surface area contributed by atoms with Crippen molar-refractivity contribution in [3.05, 3.63) is 28.8 Å². The standard InChI is InChI=1S/C14H20O4S/c1-8-6-11(16)7-9(2)13(8)14(18)12(17)4-5-19-10(3)15/h6-7,12,14,16-18H,4-5H2,1-3H3. The molecule has 0 aliphatic carbocycles. The van der Waals surface area contributed by atoms with Crippen molar-refractivity contribution < 1.29 is 20.1 Å². The minimum absolute atomic E-state index is 0.00122. The second kappa shape index (κ2) is 6.93. The molecule has 0 radical (unpaired) electrons. The van der Waals surface area contributed by atoms with Crippen LogP contribution in [0.4, 0.5) is 0 Å². The molecular formula is C14H20O4S. The molecule has 106 valence electrons. The number of aryl methyl sites for hydroxylation is 2. The summed E-state index contributed by atoms with van der Waals surface area (Å²) in [5.74, 6) is 0.622. The number of phenols is 1. The first-order chi connectivity index (χ1) is 8.82. The number of phenolic OH excluding ortho intramolecular Hbond substituents is 1. The van der Waals surface area contributed by atoms with E-state index in [0.717, 1.165) is 22.9 Å². The second-order valence-electron chi connectivity index (χ2n) is 4.63. The van der Waals surface area contributed by atoms with Crippen LogP contribution in [-0.2, 0) is 4.79 Å². The van der Waals surface area contributed by atoms with Gasteiger partial charge >= 0.3 is 0 Å². The number of hydrogen-bond donors (Lipinski definition) is 3. The van der Waals surface area contributed by atoms with Crippen LogP contribution < -0.4 is 0 Å². The van der Waals surface area contributed by atoms with E-state index in [0.29, 0.717) is 17.7 Å². The van der Waals surface area contributed by atoms with Crippen LogP contribution in [0.15, 0.2) is 12.1 Å². The molecule has 0 aromatic heterocycles. The summed E-state index contributed by atoms with van der Waals surface area (Å²) < 4.78 is 0. The second-order valence-corrected chi connectivity index (χ2v) is 5.91. The van der Waals surface area contributed by atoms with Crippen LogP contribution in [0.3, 0.4) is 0 Å². The quantitative estimate of drug-likeness (QED) is 0.771. The van der Waals surface area contributed by atoms with Gasteiger partial charge in [-0.2, -0.15) is 0 Å². The Morgan fingerprint density at radius 2 is 1.79 bits per heavy atom. The molecule has 0 saturated carbocycles. The van der Waals surface area contributed by atoms with E-state index in [4.69, 9.17) is 0 Å². The number of aliphatic hydroxyl groups excluding tert-OH is 2. The maximum absolute atomic E-state index is 10.8. The molecule has 19 heavy (non-hydrogen) atoms. The van der Waals surface area contributed by atoms with Gasteiger partial charge in [0.05, 0.1) is 6.10 Å². The van der Waals surface area contributed by atoms with Crippen LogP contribution in [0.25, 0.3) is 0 Å². The highest BCUT2D eigenvalue weighted by molar-refractivity contribution is 8.13. The summed E-state index contributed by atoms with van der Waals surface area (Å²) in [5, 5.41) is 29.6. The molecule has 4 nitrogen and oxygen atoms in total. The van der Waals surface area contributed by atoms with Crippen LogP contribution in [0.2, 0.25) is 0 Å². The minimum Gasteiger partial charge on any atom is -0.508 e. The van der Waals surface area contributed by atoms with Crippen LogP contribution >= 0.6 is 11.8 Å². The van der Waals surface area contributed by atoms with Crippen LogP contribution in [0, 0.1) is 13.8 Å². The van der Waals surface area contributed by atoms with Gasteiger partial charge < -0.3 is 15.3 Å². The molecule has 0 aliphatic rings. The number of aliphatic hydroxyl groups is 2. The monoisotopic (exact) mass is 284 g/mol. The van der Waals surface area contributed by atoms with Gasteiger partial charge in [-0.1, -0.05) is 11.8 Å². The summed E-state index contributed by atoms with van der Waals surface area (Å²) in [5.41, 5.74) is 2.12. The SMILES string of the molecule is CC(=O)SCCC(O)C(O)c1c(C)cc(O)cc1C. The highest BCUT2D eigenvalue weighted by atomic mass is 32.2. The number of benzene rings is 1. The minimum atomic E-state index is -1.01. The van der Waals surface area contributed by atoms with Crippen molar-refractivity contribution in [2.24, 2.45) is 0 Å². The smallest absolute Gasteiger partial charge is 0.185 e. The number of carbonyl (C=O) groups excluding carboxylic acids is 1. The van der Waals surface area contributed by atoms with Gasteiger partial charge in [0.2, 0.25) is 0 Å². The highest BCUT2D eigenvalue weighted by Gasteiger charge is 2.22. The number of carbonyl (C=O) groups is 1. The molecule has 0 fully saturated rings. The molecule has 5 heteroatoms. The van der Waals surface area contributed by atoms with Crippen molar-refractivity contribution in [3.63, 3.8) is 0 Å².